The lowest BCUT2D eigenvalue weighted by atomic mass is 9.91. The molecule has 1 heterocycles. The van der Waals surface area contributed by atoms with Crippen molar-refractivity contribution < 1.29 is 9.47 Å². The molecule has 4 heteroatoms. The number of methoxy groups -OCH3 is 1. The van der Waals surface area contributed by atoms with Crippen LogP contribution in [0.25, 0.3) is 0 Å². The number of nitrogens with zero attached hydrogens (tertiary/aromatic N) is 1. The highest BCUT2D eigenvalue weighted by atomic mass is 32.1. The molecule has 0 aliphatic carbocycles. The van der Waals surface area contributed by atoms with Gasteiger partial charge in [0, 0.05) is 31.7 Å². The fourth-order valence-electron chi connectivity index (χ4n) is 1.65. The third kappa shape index (κ3) is 2.84. The van der Waals surface area contributed by atoms with Crippen LogP contribution in [0.1, 0.15) is 19.8 Å². The highest BCUT2D eigenvalue weighted by molar-refractivity contribution is 7.80. The first kappa shape index (κ1) is 11.3. The molecule has 0 aromatic carbocycles. The fraction of sp³-hybridized carbons (Fsp3) is 1.00. The van der Waals surface area contributed by atoms with Crippen molar-refractivity contribution in [1.29, 1.82) is 0 Å². The van der Waals surface area contributed by atoms with E-state index in [0.717, 1.165) is 31.9 Å². The summed E-state index contributed by atoms with van der Waals surface area (Å²) >= 11 is 4.32. The van der Waals surface area contributed by atoms with Crippen molar-refractivity contribution in [1.82, 2.24) is 4.90 Å². The maximum Gasteiger partial charge on any atom is 0.0997 e. The zero-order valence-electron chi connectivity index (χ0n) is 8.45. The van der Waals surface area contributed by atoms with Crippen molar-refractivity contribution in [2.24, 2.45) is 0 Å². The first-order chi connectivity index (χ1) is 6.23. The molecule has 1 aliphatic rings. The summed E-state index contributed by atoms with van der Waals surface area (Å²) in [6, 6.07) is 0. The van der Waals surface area contributed by atoms with E-state index in [-0.39, 0.29) is 5.54 Å². The first-order valence-electron chi connectivity index (χ1n) is 4.65. The van der Waals surface area contributed by atoms with Crippen LogP contribution in [0.2, 0.25) is 0 Å². The van der Waals surface area contributed by atoms with E-state index in [4.69, 9.17) is 9.47 Å². The van der Waals surface area contributed by atoms with E-state index in [2.05, 4.69) is 24.5 Å². The molecule has 0 atom stereocenters. The Balaban J connectivity index is 2.52. The van der Waals surface area contributed by atoms with Gasteiger partial charge in [-0.1, -0.05) is 0 Å². The molecular weight excluding hydrogens is 186 g/mol. The van der Waals surface area contributed by atoms with E-state index in [1.165, 1.54) is 0 Å². The van der Waals surface area contributed by atoms with Crippen molar-refractivity contribution in [3.8, 4) is 0 Å². The summed E-state index contributed by atoms with van der Waals surface area (Å²) in [5, 5.41) is 0. The van der Waals surface area contributed by atoms with Crippen LogP contribution in [0.3, 0.4) is 0 Å². The Hall–Kier alpha value is 0.230. The number of ether oxygens (including phenoxy) is 2. The molecule has 0 unspecified atom stereocenters. The van der Waals surface area contributed by atoms with Gasteiger partial charge < -0.3 is 9.47 Å². The minimum atomic E-state index is 0.204. The molecule has 0 radical (unpaired) electrons. The number of thiol groups is 1. The SMILES string of the molecule is COCN(CS)C1(C)CCOCC1. The normalized spacial score (nSPS) is 22.2. The molecular formula is C9H19NO2S. The lowest BCUT2D eigenvalue weighted by Crippen LogP contribution is -2.50. The second-order valence-corrected chi connectivity index (χ2v) is 3.99. The predicted molar refractivity (Wildman–Crippen MR) is 56.0 cm³/mol. The third-order valence-electron chi connectivity index (χ3n) is 2.79. The van der Waals surface area contributed by atoms with Crippen LogP contribution < -0.4 is 0 Å². The Morgan fingerprint density at radius 1 is 1.46 bits per heavy atom. The molecule has 0 aromatic heterocycles. The Morgan fingerprint density at radius 2 is 2.08 bits per heavy atom. The minimum absolute atomic E-state index is 0.204. The Kier molecular flexibility index (Phi) is 4.52. The van der Waals surface area contributed by atoms with Crippen molar-refractivity contribution in [3.05, 3.63) is 0 Å². The van der Waals surface area contributed by atoms with E-state index in [0.29, 0.717) is 6.73 Å². The summed E-state index contributed by atoms with van der Waals surface area (Å²) < 4.78 is 10.5. The average Bonchev–Trinajstić information content (AvgIpc) is 2.15. The summed E-state index contributed by atoms with van der Waals surface area (Å²) in [6.07, 6.45) is 2.13. The topological polar surface area (TPSA) is 21.7 Å². The van der Waals surface area contributed by atoms with E-state index in [9.17, 15) is 0 Å². The Morgan fingerprint density at radius 3 is 2.54 bits per heavy atom. The molecule has 1 rings (SSSR count). The van der Waals surface area contributed by atoms with Gasteiger partial charge in [-0.15, -0.1) is 0 Å². The monoisotopic (exact) mass is 205 g/mol. The van der Waals surface area contributed by atoms with E-state index in [1.54, 1.807) is 7.11 Å². The number of hydrogen-bond acceptors (Lipinski definition) is 4. The number of rotatable bonds is 4. The predicted octanol–water partition coefficient (Wildman–Crippen LogP) is 1.35. The fourth-order valence-corrected chi connectivity index (χ4v) is 2.07. The van der Waals surface area contributed by atoms with Crippen molar-refractivity contribution in [2.45, 2.75) is 25.3 Å². The average molecular weight is 205 g/mol. The van der Waals surface area contributed by atoms with E-state index >= 15 is 0 Å². The van der Waals surface area contributed by atoms with Crippen LogP contribution in [-0.2, 0) is 9.47 Å². The van der Waals surface area contributed by atoms with Gasteiger partial charge in [0.15, 0.2) is 0 Å². The van der Waals surface area contributed by atoms with E-state index in [1.807, 2.05) is 0 Å². The zero-order chi connectivity index (χ0) is 9.73. The first-order valence-corrected chi connectivity index (χ1v) is 5.29. The maximum atomic E-state index is 5.35. The largest absolute Gasteiger partial charge is 0.381 e. The summed E-state index contributed by atoms with van der Waals surface area (Å²) in [6.45, 7) is 4.61. The van der Waals surface area contributed by atoms with Gasteiger partial charge in [0.2, 0.25) is 0 Å². The van der Waals surface area contributed by atoms with Gasteiger partial charge in [-0.25, -0.2) is 0 Å². The van der Waals surface area contributed by atoms with Crippen LogP contribution in [-0.4, -0.2) is 43.4 Å². The van der Waals surface area contributed by atoms with Crippen LogP contribution in [0, 0.1) is 0 Å². The summed E-state index contributed by atoms with van der Waals surface area (Å²) in [4.78, 5) is 2.25. The lowest BCUT2D eigenvalue weighted by molar-refractivity contribution is -0.0537. The summed E-state index contributed by atoms with van der Waals surface area (Å²) in [5.74, 6) is 0.740. The van der Waals surface area contributed by atoms with Gasteiger partial charge >= 0.3 is 0 Å². The molecule has 1 fully saturated rings. The van der Waals surface area contributed by atoms with Crippen LogP contribution in [0.15, 0.2) is 0 Å². The smallest absolute Gasteiger partial charge is 0.0997 e. The molecule has 0 amide bonds. The second-order valence-electron chi connectivity index (χ2n) is 3.71. The van der Waals surface area contributed by atoms with Crippen LogP contribution in [0.4, 0.5) is 0 Å². The molecule has 13 heavy (non-hydrogen) atoms. The molecule has 0 bridgehead atoms. The van der Waals surface area contributed by atoms with Crippen molar-refractivity contribution >= 4 is 12.6 Å². The molecule has 0 aromatic rings. The quantitative estimate of drug-likeness (QED) is 0.553. The Labute approximate surface area is 85.8 Å². The lowest BCUT2D eigenvalue weighted by Gasteiger charge is -2.42. The number of hydrogen-bond donors (Lipinski definition) is 1. The maximum absolute atomic E-state index is 5.35. The highest BCUT2D eigenvalue weighted by Gasteiger charge is 2.32. The zero-order valence-corrected chi connectivity index (χ0v) is 9.35. The van der Waals surface area contributed by atoms with Crippen molar-refractivity contribution in [3.63, 3.8) is 0 Å². The van der Waals surface area contributed by atoms with Crippen LogP contribution >= 0.6 is 12.6 Å². The molecule has 0 N–H and O–H groups in total. The van der Waals surface area contributed by atoms with Gasteiger partial charge in [0.1, 0.15) is 0 Å². The molecule has 3 nitrogen and oxygen atoms in total. The van der Waals surface area contributed by atoms with Gasteiger partial charge in [0.25, 0.3) is 0 Å². The third-order valence-corrected chi connectivity index (χ3v) is 3.13. The highest BCUT2D eigenvalue weighted by Crippen LogP contribution is 2.27. The van der Waals surface area contributed by atoms with Gasteiger partial charge in [-0.2, -0.15) is 12.6 Å². The molecule has 1 saturated heterocycles. The molecule has 0 spiro atoms. The minimum Gasteiger partial charge on any atom is -0.381 e. The standard InChI is InChI=1S/C9H19NO2S/c1-9(3-5-12-6-4-9)10(8-13)7-11-2/h13H,3-8H2,1-2H3. The molecule has 1 aliphatic heterocycles. The summed E-state index contributed by atoms with van der Waals surface area (Å²) in [7, 11) is 1.72. The van der Waals surface area contributed by atoms with Crippen molar-refractivity contribution in [2.75, 3.05) is 32.9 Å². The van der Waals surface area contributed by atoms with E-state index < -0.39 is 0 Å². The van der Waals surface area contributed by atoms with Crippen LogP contribution in [0.5, 0.6) is 0 Å². The molecule has 0 saturated carbocycles. The van der Waals surface area contributed by atoms with Gasteiger partial charge in [-0.3, -0.25) is 4.90 Å². The van der Waals surface area contributed by atoms with Gasteiger partial charge in [-0.05, 0) is 19.8 Å². The van der Waals surface area contributed by atoms with Gasteiger partial charge in [0.05, 0.1) is 6.73 Å². The molecule has 78 valence electrons. The second kappa shape index (κ2) is 5.20. The Bertz CT molecular complexity index is 149. The summed E-state index contributed by atoms with van der Waals surface area (Å²) in [5.41, 5.74) is 0.204.